The zero-order valence-corrected chi connectivity index (χ0v) is 12.8. The van der Waals surface area contributed by atoms with Gasteiger partial charge in [0, 0.05) is 13.1 Å². The van der Waals surface area contributed by atoms with Gasteiger partial charge in [0.1, 0.15) is 5.75 Å². The van der Waals surface area contributed by atoms with Gasteiger partial charge in [-0.3, -0.25) is 0 Å². The molecule has 2 rings (SSSR count). The minimum Gasteiger partial charge on any atom is -0.491 e. The third kappa shape index (κ3) is 4.14. The molecule has 20 heavy (non-hydrogen) atoms. The van der Waals surface area contributed by atoms with Crippen molar-refractivity contribution in [1.29, 1.82) is 0 Å². The number of hydrogen-bond donors (Lipinski definition) is 1. The number of ether oxygens (including phenoxy) is 1. The molecular weight excluding hydrogens is 248 g/mol. The van der Waals surface area contributed by atoms with Crippen molar-refractivity contribution in [3.8, 4) is 5.75 Å². The molecule has 0 saturated heterocycles. The Labute approximate surface area is 123 Å². The summed E-state index contributed by atoms with van der Waals surface area (Å²) in [6, 6.07) is 8.38. The van der Waals surface area contributed by atoms with Crippen LogP contribution in [-0.2, 0) is 0 Å². The fourth-order valence-corrected chi connectivity index (χ4v) is 2.97. The van der Waals surface area contributed by atoms with E-state index in [1.165, 1.54) is 18.5 Å². The monoisotopic (exact) mass is 276 g/mol. The average Bonchev–Trinajstić information content (AvgIpc) is 2.65. The summed E-state index contributed by atoms with van der Waals surface area (Å²) < 4.78 is 5.81. The van der Waals surface area contributed by atoms with Crippen molar-refractivity contribution < 1.29 is 4.74 Å². The molecule has 0 fully saturated rings. The first kappa shape index (κ1) is 15.2. The Morgan fingerprint density at radius 2 is 2.10 bits per heavy atom. The third-order valence-corrected chi connectivity index (χ3v) is 3.98. The van der Waals surface area contributed by atoms with Gasteiger partial charge in [0.15, 0.2) is 0 Å². The summed E-state index contributed by atoms with van der Waals surface area (Å²) in [5.74, 6) is 2.38. The number of anilines is 1. The standard InChI is InChI=1S/C17H28N2O/c1-14(2)12-15(13-18)8-10-19-9-5-11-20-17-7-4-3-6-16(17)19/h3-4,6-7,14-15H,5,8-13,18H2,1-2H3. The maximum Gasteiger partial charge on any atom is 0.142 e. The highest BCUT2D eigenvalue weighted by atomic mass is 16.5. The van der Waals surface area contributed by atoms with Crippen molar-refractivity contribution in [2.75, 3.05) is 31.1 Å². The first-order valence-electron chi connectivity index (χ1n) is 7.87. The van der Waals surface area contributed by atoms with Crippen LogP contribution < -0.4 is 15.4 Å². The van der Waals surface area contributed by atoms with Crippen LogP contribution in [0.15, 0.2) is 24.3 Å². The molecule has 1 aliphatic rings. The summed E-state index contributed by atoms with van der Waals surface area (Å²) in [5, 5.41) is 0. The van der Waals surface area contributed by atoms with Crippen LogP contribution in [0.3, 0.4) is 0 Å². The molecule has 0 bridgehead atoms. The lowest BCUT2D eigenvalue weighted by Crippen LogP contribution is -2.28. The summed E-state index contributed by atoms with van der Waals surface area (Å²) >= 11 is 0. The number of nitrogens with zero attached hydrogens (tertiary/aromatic N) is 1. The normalized spacial score (nSPS) is 16.5. The van der Waals surface area contributed by atoms with Gasteiger partial charge >= 0.3 is 0 Å². The Morgan fingerprint density at radius 1 is 1.30 bits per heavy atom. The lowest BCUT2D eigenvalue weighted by Gasteiger charge is -2.26. The number of para-hydroxylation sites is 2. The molecule has 1 unspecified atom stereocenters. The van der Waals surface area contributed by atoms with Gasteiger partial charge in [0.2, 0.25) is 0 Å². The molecule has 1 atom stereocenters. The molecule has 0 aromatic heterocycles. The third-order valence-electron chi connectivity index (χ3n) is 3.98. The Hall–Kier alpha value is -1.22. The van der Waals surface area contributed by atoms with Crippen LogP contribution >= 0.6 is 0 Å². The van der Waals surface area contributed by atoms with Crippen molar-refractivity contribution in [2.24, 2.45) is 17.6 Å². The molecule has 1 aliphatic heterocycles. The van der Waals surface area contributed by atoms with E-state index in [1.807, 2.05) is 6.07 Å². The van der Waals surface area contributed by atoms with Gasteiger partial charge < -0.3 is 15.4 Å². The number of nitrogens with two attached hydrogens (primary N) is 1. The molecule has 0 radical (unpaired) electrons. The second-order valence-corrected chi connectivity index (χ2v) is 6.18. The summed E-state index contributed by atoms with van der Waals surface area (Å²) in [6.07, 6.45) is 3.48. The minimum atomic E-state index is 0.631. The van der Waals surface area contributed by atoms with Crippen molar-refractivity contribution >= 4 is 5.69 Å². The van der Waals surface area contributed by atoms with Gasteiger partial charge in [-0.15, -0.1) is 0 Å². The second-order valence-electron chi connectivity index (χ2n) is 6.18. The van der Waals surface area contributed by atoms with E-state index < -0.39 is 0 Å². The van der Waals surface area contributed by atoms with E-state index in [9.17, 15) is 0 Å². The van der Waals surface area contributed by atoms with Gasteiger partial charge in [-0.1, -0.05) is 26.0 Å². The van der Waals surface area contributed by atoms with Crippen LogP contribution in [0.4, 0.5) is 5.69 Å². The van der Waals surface area contributed by atoms with Crippen molar-refractivity contribution in [1.82, 2.24) is 0 Å². The molecule has 0 aliphatic carbocycles. The van der Waals surface area contributed by atoms with Gasteiger partial charge in [-0.25, -0.2) is 0 Å². The molecule has 0 spiro atoms. The summed E-state index contributed by atoms with van der Waals surface area (Å²) in [7, 11) is 0. The fraction of sp³-hybridized carbons (Fsp3) is 0.647. The highest BCUT2D eigenvalue weighted by Gasteiger charge is 2.17. The number of hydrogen-bond acceptors (Lipinski definition) is 3. The Bertz CT molecular complexity index is 406. The van der Waals surface area contributed by atoms with E-state index in [-0.39, 0.29) is 0 Å². The number of rotatable bonds is 6. The first-order chi connectivity index (χ1) is 9.70. The molecule has 1 aromatic rings. The summed E-state index contributed by atoms with van der Waals surface area (Å²) in [5.41, 5.74) is 7.16. The molecule has 1 aromatic carbocycles. The Balaban J connectivity index is 1.98. The summed E-state index contributed by atoms with van der Waals surface area (Å²) in [4.78, 5) is 2.46. The molecule has 1 heterocycles. The van der Waals surface area contributed by atoms with E-state index in [2.05, 4.69) is 36.9 Å². The molecule has 0 amide bonds. The SMILES string of the molecule is CC(C)CC(CN)CCN1CCCOc2ccccc21. The number of benzene rings is 1. The lowest BCUT2D eigenvalue weighted by atomic mass is 9.94. The number of fused-ring (bicyclic) bond motifs is 1. The van der Waals surface area contributed by atoms with Gasteiger partial charge in [0.05, 0.1) is 12.3 Å². The second kappa shape index (κ2) is 7.53. The van der Waals surface area contributed by atoms with E-state index >= 15 is 0 Å². The van der Waals surface area contributed by atoms with E-state index in [1.54, 1.807) is 0 Å². The molecule has 3 heteroatoms. The molecule has 2 N–H and O–H groups in total. The van der Waals surface area contributed by atoms with Crippen LogP contribution in [0.2, 0.25) is 0 Å². The van der Waals surface area contributed by atoms with E-state index in [0.717, 1.165) is 44.3 Å². The van der Waals surface area contributed by atoms with Gasteiger partial charge in [-0.2, -0.15) is 0 Å². The van der Waals surface area contributed by atoms with Crippen molar-refractivity contribution in [3.05, 3.63) is 24.3 Å². The van der Waals surface area contributed by atoms with Crippen LogP contribution in [0, 0.1) is 11.8 Å². The predicted molar refractivity (Wildman–Crippen MR) is 85.4 cm³/mol. The van der Waals surface area contributed by atoms with Crippen molar-refractivity contribution in [2.45, 2.75) is 33.1 Å². The zero-order valence-electron chi connectivity index (χ0n) is 12.8. The molecule has 3 nitrogen and oxygen atoms in total. The largest absolute Gasteiger partial charge is 0.491 e. The van der Waals surface area contributed by atoms with Crippen molar-refractivity contribution in [3.63, 3.8) is 0 Å². The Kier molecular flexibility index (Phi) is 5.72. The quantitative estimate of drug-likeness (QED) is 0.866. The maximum absolute atomic E-state index is 5.92. The van der Waals surface area contributed by atoms with E-state index in [4.69, 9.17) is 10.5 Å². The fourth-order valence-electron chi connectivity index (χ4n) is 2.97. The molecular formula is C17H28N2O. The van der Waals surface area contributed by atoms with E-state index in [0.29, 0.717) is 5.92 Å². The molecule has 0 saturated carbocycles. The van der Waals surface area contributed by atoms with Gasteiger partial charge in [-0.05, 0) is 49.8 Å². The zero-order chi connectivity index (χ0) is 14.4. The van der Waals surface area contributed by atoms with Crippen LogP contribution in [-0.4, -0.2) is 26.2 Å². The van der Waals surface area contributed by atoms with Crippen LogP contribution in [0.5, 0.6) is 5.75 Å². The smallest absolute Gasteiger partial charge is 0.142 e. The predicted octanol–water partition coefficient (Wildman–Crippen LogP) is 3.29. The lowest BCUT2D eigenvalue weighted by molar-refractivity contribution is 0.322. The van der Waals surface area contributed by atoms with Crippen LogP contribution in [0.25, 0.3) is 0 Å². The highest BCUT2D eigenvalue weighted by molar-refractivity contribution is 5.58. The van der Waals surface area contributed by atoms with Gasteiger partial charge in [0.25, 0.3) is 0 Å². The topological polar surface area (TPSA) is 38.5 Å². The molecule has 112 valence electrons. The minimum absolute atomic E-state index is 0.631. The maximum atomic E-state index is 5.92. The van der Waals surface area contributed by atoms with Crippen LogP contribution in [0.1, 0.15) is 33.1 Å². The first-order valence-corrected chi connectivity index (χ1v) is 7.87. The average molecular weight is 276 g/mol. The summed E-state index contributed by atoms with van der Waals surface area (Å²) in [6.45, 7) is 8.32. The Morgan fingerprint density at radius 3 is 2.85 bits per heavy atom. The highest BCUT2D eigenvalue weighted by Crippen LogP contribution is 2.31.